The Morgan fingerprint density at radius 1 is 1.50 bits per heavy atom. The second kappa shape index (κ2) is 3.88. The molecule has 0 bridgehead atoms. The third-order valence-electron chi connectivity index (χ3n) is 2.87. The normalized spacial score (nSPS) is 28.5. The van der Waals surface area contributed by atoms with Crippen LogP contribution in [0.2, 0.25) is 0 Å². The monoisotopic (exact) mass is 166 g/mol. The zero-order chi connectivity index (χ0) is 9.14. The number of allylic oxidation sites excluding steroid dienone is 2. The molecule has 1 fully saturated rings. The standard InChI is InChI=1S/C11H18O/c1-4-9-7-10(8(2)3)5-6-11(9)12/h4,8,10H,5-7H2,1-3H3/b9-4+. The summed E-state index contributed by atoms with van der Waals surface area (Å²) in [5.74, 6) is 1.82. The predicted octanol–water partition coefficient (Wildman–Crippen LogP) is 2.96. The van der Waals surface area contributed by atoms with Crippen molar-refractivity contribution in [2.75, 3.05) is 0 Å². The summed E-state index contributed by atoms with van der Waals surface area (Å²) in [6, 6.07) is 0. The summed E-state index contributed by atoms with van der Waals surface area (Å²) in [7, 11) is 0. The highest BCUT2D eigenvalue weighted by atomic mass is 16.1. The third kappa shape index (κ3) is 1.96. The molecule has 0 aromatic rings. The third-order valence-corrected chi connectivity index (χ3v) is 2.87. The Morgan fingerprint density at radius 3 is 2.67 bits per heavy atom. The molecule has 0 N–H and O–H groups in total. The number of carbonyl (C=O) groups is 1. The van der Waals surface area contributed by atoms with Gasteiger partial charge in [-0.3, -0.25) is 4.79 Å². The molecule has 1 nitrogen and oxygen atoms in total. The Balaban J connectivity index is 2.62. The van der Waals surface area contributed by atoms with Crippen LogP contribution in [0.5, 0.6) is 0 Å². The molecular formula is C11H18O. The molecule has 1 saturated carbocycles. The van der Waals surface area contributed by atoms with Gasteiger partial charge in [-0.05, 0) is 37.2 Å². The van der Waals surface area contributed by atoms with Crippen molar-refractivity contribution in [3.8, 4) is 0 Å². The molecule has 0 aromatic carbocycles. The molecule has 1 heteroatoms. The quantitative estimate of drug-likeness (QED) is 0.547. The zero-order valence-electron chi connectivity index (χ0n) is 8.26. The molecule has 0 aliphatic heterocycles. The van der Waals surface area contributed by atoms with Gasteiger partial charge in [-0.2, -0.15) is 0 Å². The predicted molar refractivity (Wildman–Crippen MR) is 50.9 cm³/mol. The average Bonchev–Trinajstić information content (AvgIpc) is 2.05. The number of ketones is 1. The van der Waals surface area contributed by atoms with E-state index in [1.165, 1.54) is 0 Å². The highest BCUT2D eigenvalue weighted by molar-refractivity contribution is 5.95. The van der Waals surface area contributed by atoms with Gasteiger partial charge in [-0.25, -0.2) is 0 Å². The first-order valence-electron chi connectivity index (χ1n) is 4.83. The van der Waals surface area contributed by atoms with E-state index in [1.54, 1.807) is 0 Å². The van der Waals surface area contributed by atoms with Gasteiger partial charge in [0.2, 0.25) is 0 Å². The lowest BCUT2D eigenvalue weighted by Gasteiger charge is -2.26. The van der Waals surface area contributed by atoms with Crippen LogP contribution < -0.4 is 0 Å². The van der Waals surface area contributed by atoms with E-state index in [2.05, 4.69) is 13.8 Å². The average molecular weight is 166 g/mol. The molecule has 0 spiro atoms. The van der Waals surface area contributed by atoms with Crippen LogP contribution in [-0.4, -0.2) is 5.78 Å². The number of rotatable bonds is 1. The van der Waals surface area contributed by atoms with Gasteiger partial charge < -0.3 is 0 Å². The largest absolute Gasteiger partial charge is 0.295 e. The Morgan fingerprint density at radius 2 is 2.17 bits per heavy atom. The van der Waals surface area contributed by atoms with Gasteiger partial charge in [-0.15, -0.1) is 0 Å². The summed E-state index contributed by atoms with van der Waals surface area (Å²) >= 11 is 0. The minimum atomic E-state index is 0.370. The van der Waals surface area contributed by atoms with Crippen molar-refractivity contribution in [2.24, 2.45) is 11.8 Å². The molecule has 1 unspecified atom stereocenters. The number of hydrogen-bond acceptors (Lipinski definition) is 1. The molecule has 0 aromatic heterocycles. The summed E-state index contributed by atoms with van der Waals surface area (Å²) in [5, 5.41) is 0. The zero-order valence-corrected chi connectivity index (χ0v) is 8.26. The summed E-state index contributed by atoms with van der Waals surface area (Å²) in [4.78, 5) is 11.3. The van der Waals surface area contributed by atoms with E-state index in [0.717, 1.165) is 30.8 Å². The highest BCUT2D eigenvalue weighted by Crippen LogP contribution is 2.30. The Kier molecular flexibility index (Phi) is 3.07. The summed E-state index contributed by atoms with van der Waals surface area (Å²) in [6.07, 6.45) is 4.85. The van der Waals surface area contributed by atoms with Gasteiger partial charge in [0.05, 0.1) is 0 Å². The summed E-state index contributed by atoms with van der Waals surface area (Å²) < 4.78 is 0. The lowest BCUT2D eigenvalue weighted by atomic mass is 9.78. The van der Waals surface area contributed by atoms with Crippen LogP contribution in [0.25, 0.3) is 0 Å². The number of carbonyl (C=O) groups excluding carboxylic acids is 1. The second-order valence-electron chi connectivity index (χ2n) is 3.98. The van der Waals surface area contributed by atoms with Crippen molar-refractivity contribution in [1.29, 1.82) is 0 Å². The van der Waals surface area contributed by atoms with Crippen LogP contribution in [0.3, 0.4) is 0 Å². The van der Waals surface area contributed by atoms with E-state index in [4.69, 9.17) is 0 Å². The lowest BCUT2D eigenvalue weighted by molar-refractivity contribution is -0.117. The van der Waals surface area contributed by atoms with Crippen LogP contribution in [0.4, 0.5) is 0 Å². The fourth-order valence-corrected chi connectivity index (χ4v) is 1.82. The fourth-order valence-electron chi connectivity index (χ4n) is 1.82. The molecule has 0 heterocycles. The van der Waals surface area contributed by atoms with Gasteiger partial charge in [0.25, 0.3) is 0 Å². The molecular weight excluding hydrogens is 148 g/mol. The maximum Gasteiger partial charge on any atom is 0.158 e. The first-order valence-corrected chi connectivity index (χ1v) is 4.83. The van der Waals surface area contributed by atoms with Crippen molar-refractivity contribution < 1.29 is 4.79 Å². The van der Waals surface area contributed by atoms with E-state index in [9.17, 15) is 4.79 Å². The molecule has 68 valence electrons. The first kappa shape index (κ1) is 9.50. The lowest BCUT2D eigenvalue weighted by Crippen LogP contribution is -2.20. The van der Waals surface area contributed by atoms with Crippen LogP contribution >= 0.6 is 0 Å². The Hall–Kier alpha value is -0.590. The second-order valence-corrected chi connectivity index (χ2v) is 3.98. The molecule has 1 atom stereocenters. The van der Waals surface area contributed by atoms with E-state index in [1.807, 2.05) is 13.0 Å². The van der Waals surface area contributed by atoms with E-state index >= 15 is 0 Å². The van der Waals surface area contributed by atoms with Gasteiger partial charge in [0, 0.05) is 6.42 Å². The fraction of sp³-hybridized carbons (Fsp3) is 0.727. The van der Waals surface area contributed by atoms with E-state index in [0.29, 0.717) is 11.7 Å². The van der Waals surface area contributed by atoms with Crippen molar-refractivity contribution in [1.82, 2.24) is 0 Å². The van der Waals surface area contributed by atoms with Gasteiger partial charge in [-0.1, -0.05) is 19.9 Å². The maximum atomic E-state index is 11.3. The van der Waals surface area contributed by atoms with Crippen molar-refractivity contribution in [3.63, 3.8) is 0 Å². The maximum absolute atomic E-state index is 11.3. The molecule has 12 heavy (non-hydrogen) atoms. The van der Waals surface area contributed by atoms with Crippen LogP contribution in [0, 0.1) is 11.8 Å². The van der Waals surface area contributed by atoms with E-state index in [-0.39, 0.29) is 0 Å². The van der Waals surface area contributed by atoms with Crippen LogP contribution in [0.15, 0.2) is 11.6 Å². The van der Waals surface area contributed by atoms with Crippen LogP contribution in [-0.2, 0) is 4.79 Å². The SMILES string of the molecule is C/C=C1\CC(C(C)C)CCC1=O. The minimum Gasteiger partial charge on any atom is -0.295 e. The number of hydrogen-bond donors (Lipinski definition) is 0. The van der Waals surface area contributed by atoms with Gasteiger partial charge in [0.15, 0.2) is 5.78 Å². The van der Waals surface area contributed by atoms with Gasteiger partial charge in [0.1, 0.15) is 0 Å². The van der Waals surface area contributed by atoms with Crippen molar-refractivity contribution in [3.05, 3.63) is 11.6 Å². The Labute approximate surface area is 74.9 Å². The topological polar surface area (TPSA) is 17.1 Å². The molecule has 0 saturated heterocycles. The van der Waals surface area contributed by atoms with Crippen LogP contribution in [0.1, 0.15) is 40.0 Å². The highest BCUT2D eigenvalue weighted by Gasteiger charge is 2.24. The summed E-state index contributed by atoms with van der Waals surface area (Å²) in [5.41, 5.74) is 1.06. The van der Waals surface area contributed by atoms with E-state index < -0.39 is 0 Å². The molecule has 0 radical (unpaired) electrons. The minimum absolute atomic E-state index is 0.370. The smallest absolute Gasteiger partial charge is 0.158 e. The molecule has 1 rings (SSSR count). The van der Waals surface area contributed by atoms with Crippen molar-refractivity contribution >= 4 is 5.78 Å². The molecule has 0 amide bonds. The summed E-state index contributed by atoms with van der Waals surface area (Å²) in [6.45, 7) is 6.46. The number of Topliss-reactive ketones (excluding diaryl/α,β-unsaturated/α-hetero) is 1. The van der Waals surface area contributed by atoms with Gasteiger partial charge >= 0.3 is 0 Å². The Bertz CT molecular complexity index is 201. The molecule has 1 aliphatic carbocycles. The van der Waals surface area contributed by atoms with Crippen molar-refractivity contribution in [2.45, 2.75) is 40.0 Å². The first-order chi connectivity index (χ1) is 5.65. The molecule has 1 aliphatic rings.